The van der Waals surface area contributed by atoms with E-state index < -0.39 is 0 Å². The van der Waals surface area contributed by atoms with Crippen molar-refractivity contribution in [3.63, 3.8) is 0 Å². The van der Waals surface area contributed by atoms with Crippen molar-refractivity contribution in [1.82, 2.24) is 0 Å². The molecular formula is C18H30O3. The molecule has 120 valence electrons. The van der Waals surface area contributed by atoms with Crippen molar-refractivity contribution in [3.8, 4) is 5.75 Å². The standard InChI is InChI=1S/C18H30O3/c1-3-4-5-6-7-8-18(13-14-19)21-15-16-9-11-17(20-2)12-10-16/h9-12,18-19H,3-8,13-15H2,1-2H3. The van der Waals surface area contributed by atoms with Crippen LogP contribution < -0.4 is 4.74 Å². The molecule has 1 unspecified atom stereocenters. The number of aliphatic hydroxyl groups excluding tert-OH is 1. The highest BCUT2D eigenvalue weighted by Crippen LogP contribution is 2.16. The zero-order valence-electron chi connectivity index (χ0n) is 13.5. The van der Waals surface area contributed by atoms with Crippen LogP contribution in [0.3, 0.4) is 0 Å². The summed E-state index contributed by atoms with van der Waals surface area (Å²) in [5, 5.41) is 9.15. The maximum atomic E-state index is 9.15. The van der Waals surface area contributed by atoms with Crippen LogP contribution in [-0.4, -0.2) is 24.9 Å². The third-order valence-electron chi connectivity index (χ3n) is 3.73. The highest BCUT2D eigenvalue weighted by Gasteiger charge is 2.09. The van der Waals surface area contributed by atoms with Gasteiger partial charge in [-0.2, -0.15) is 0 Å². The lowest BCUT2D eigenvalue weighted by molar-refractivity contribution is 0.0174. The quantitative estimate of drug-likeness (QED) is 0.583. The van der Waals surface area contributed by atoms with Crippen molar-refractivity contribution in [2.24, 2.45) is 0 Å². The van der Waals surface area contributed by atoms with Gasteiger partial charge in [-0.25, -0.2) is 0 Å². The van der Waals surface area contributed by atoms with Gasteiger partial charge in [0.05, 0.1) is 19.8 Å². The molecule has 3 nitrogen and oxygen atoms in total. The number of unbranched alkanes of at least 4 members (excludes halogenated alkanes) is 4. The summed E-state index contributed by atoms with van der Waals surface area (Å²) < 4.78 is 11.1. The van der Waals surface area contributed by atoms with E-state index in [2.05, 4.69) is 6.92 Å². The molecule has 0 heterocycles. The Morgan fingerprint density at radius 3 is 2.33 bits per heavy atom. The van der Waals surface area contributed by atoms with Gasteiger partial charge in [0.25, 0.3) is 0 Å². The van der Waals surface area contributed by atoms with E-state index in [4.69, 9.17) is 14.6 Å². The molecular weight excluding hydrogens is 264 g/mol. The largest absolute Gasteiger partial charge is 0.497 e. The number of hydrogen-bond donors (Lipinski definition) is 1. The van der Waals surface area contributed by atoms with Gasteiger partial charge in [-0.1, -0.05) is 51.2 Å². The van der Waals surface area contributed by atoms with E-state index in [1.807, 2.05) is 24.3 Å². The molecule has 1 N–H and O–H groups in total. The van der Waals surface area contributed by atoms with Gasteiger partial charge in [0.15, 0.2) is 0 Å². The van der Waals surface area contributed by atoms with Crippen molar-refractivity contribution in [2.45, 2.75) is 64.6 Å². The maximum Gasteiger partial charge on any atom is 0.118 e. The van der Waals surface area contributed by atoms with Crippen LogP contribution in [0.25, 0.3) is 0 Å². The fourth-order valence-corrected chi connectivity index (χ4v) is 2.37. The first-order valence-electron chi connectivity index (χ1n) is 8.15. The molecule has 1 aromatic rings. The molecule has 1 atom stereocenters. The van der Waals surface area contributed by atoms with Gasteiger partial charge in [0.1, 0.15) is 5.75 Å². The fraction of sp³-hybridized carbons (Fsp3) is 0.667. The maximum absolute atomic E-state index is 9.15. The Bertz CT molecular complexity index is 348. The van der Waals surface area contributed by atoms with Crippen molar-refractivity contribution < 1.29 is 14.6 Å². The van der Waals surface area contributed by atoms with Crippen LogP contribution in [0.4, 0.5) is 0 Å². The molecule has 0 bridgehead atoms. The lowest BCUT2D eigenvalue weighted by Crippen LogP contribution is -2.14. The van der Waals surface area contributed by atoms with Gasteiger partial charge in [0, 0.05) is 6.61 Å². The predicted molar refractivity (Wildman–Crippen MR) is 86.6 cm³/mol. The zero-order chi connectivity index (χ0) is 15.3. The van der Waals surface area contributed by atoms with Gasteiger partial charge in [-0.15, -0.1) is 0 Å². The van der Waals surface area contributed by atoms with Crippen LogP contribution in [0.15, 0.2) is 24.3 Å². The Kier molecular flexibility index (Phi) is 9.92. The Hall–Kier alpha value is -1.06. The number of rotatable bonds is 12. The summed E-state index contributed by atoms with van der Waals surface area (Å²) in [6.07, 6.45) is 8.28. The van der Waals surface area contributed by atoms with Crippen LogP contribution in [0.5, 0.6) is 5.75 Å². The molecule has 0 aliphatic rings. The second-order valence-corrected chi connectivity index (χ2v) is 5.50. The zero-order valence-corrected chi connectivity index (χ0v) is 13.5. The molecule has 0 amide bonds. The summed E-state index contributed by atoms with van der Waals surface area (Å²) >= 11 is 0. The first kappa shape index (κ1) is 18.0. The first-order valence-corrected chi connectivity index (χ1v) is 8.15. The highest BCUT2D eigenvalue weighted by atomic mass is 16.5. The summed E-state index contributed by atoms with van der Waals surface area (Å²) in [4.78, 5) is 0. The minimum atomic E-state index is 0.165. The Labute approximate surface area is 129 Å². The van der Waals surface area contributed by atoms with Crippen molar-refractivity contribution in [3.05, 3.63) is 29.8 Å². The third-order valence-corrected chi connectivity index (χ3v) is 3.73. The minimum absolute atomic E-state index is 0.165. The van der Waals surface area contributed by atoms with E-state index in [9.17, 15) is 0 Å². The average molecular weight is 294 g/mol. The normalized spacial score (nSPS) is 12.3. The first-order chi connectivity index (χ1) is 10.3. The topological polar surface area (TPSA) is 38.7 Å². The van der Waals surface area contributed by atoms with Crippen LogP contribution >= 0.6 is 0 Å². The summed E-state index contributed by atoms with van der Waals surface area (Å²) in [5.74, 6) is 0.863. The summed E-state index contributed by atoms with van der Waals surface area (Å²) in [7, 11) is 1.67. The molecule has 3 heteroatoms. The van der Waals surface area contributed by atoms with Crippen LogP contribution in [0.2, 0.25) is 0 Å². The lowest BCUT2D eigenvalue weighted by Gasteiger charge is -2.17. The number of aliphatic hydroxyl groups is 1. The van der Waals surface area contributed by atoms with Gasteiger partial charge in [-0.05, 0) is 30.5 Å². The summed E-state index contributed by atoms with van der Waals surface area (Å²) in [5.41, 5.74) is 1.14. The van der Waals surface area contributed by atoms with E-state index in [1.54, 1.807) is 7.11 Å². The molecule has 0 spiro atoms. The smallest absolute Gasteiger partial charge is 0.118 e. The number of methoxy groups -OCH3 is 1. The fourth-order valence-electron chi connectivity index (χ4n) is 2.37. The van der Waals surface area contributed by atoms with Crippen LogP contribution in [0.1, 0.15) is 57.4 Å². The lowest BCUT2D eigenvalue weighted by atomic mass is 10.1. The van der Waals surface area contributed by atoms with Gasteiger partial charge in [-0.3, -0.25) is 0 Å². The molecule has 1 aromatic carbocycles. The van der Waals surface area contributed by atoms with Crippen molar-refractivity contribution >= 4 is 0 Å². The van der Waals surface area contributed by atoms with Gasteiger partial charge >= 0.3 is 0 Å². The molecule has 0 saturated heterocycles. The monoisotopic (exact) mass is 294 g/mol. The van der Waals surface area contributed by atoms with Crippen LogP contribution in [0, 0.1) is 0 Å². The molecule has 0 saturated carbocycles. The molecule has 0 aliphatic carbocycles. The van der Waals surface area contributed by atoms with E-state index in [0.717, 1.165) is 24.2 Å². The molecule has 0 aromatic heterocycles. The Balaban J connectivity index is 2.28. The molecule has 1 rings (SSSR count). The molecule has 0 radical (unpaired) electrons. The average Bonchev–Trinajstić information content (AvgIpc) is 2.52. The van der Waals surface area contributed by atoms with Gasteiger partial charge < -0.3 is 14.6 Å². The van der Waals surface area contributed by atoms with Gasteiger partial charge in [0.2, 0.25) is 0 Å². The van der Waals surface area contributed by atoms with Crippen molar-refractivity contribution in [1.29, 1.82) is 0 Å². The summed E-state index contributed by atoms with van der Waals surface area (Å²) in [6.45, 7) is 3.03. The molecule has 21 heavy (non-hydrogen) atoms. The molecule has 0 aliphatic heterocycles. The van der Waals surface area contributed by atoms with E-state index in [0.29, 0.717) is 6.61 Å². The number of ether oxygens (including phenoxy) is 2. The molecule has 0 fully saturated rings. The Morgan fingerprint density at radius 1 is 1.00 bits per heavy atom. The predicted octanol–water partition coefficient (Wildman–Crippen LogP) is 4.32. The second kappa shape index (κ2) is 11.6. The summed E-state index contributed by atoms with van der Waals surface area (Å²) in [6, 6.07) is 7.95. The van der Waals surface area contributed by atoms with E-state index >= 15 is 0 Å². The third kappa shape index (κ3) is 8.08. The van der Waals surface area contributed by atoms with Crippen molar-refractivity contribution in [2.75, 3.05) is 13.7 Å². The second-order valence-electron chi connectivity index (χ2n) is 5.50. The van der Waals surface area contributed by atoms with E-state index in [1.165, 1.54) is 32.1 Å². The SMILES string of the molecule is CCCCCCCC(CCO)OCc1ccc(OC)cc1. The highest BCUT2D eigenvalue weighted by molar-refractivity contribution is 5.26. The minimum Gasteiger partial charge on any atom is -0.497 e. The van der Waals surface area contributed by atoms with Crippen LogP contribution in [-0.2, 0) is 11.3 Å². The number of hydrogen-bond acceptors (Lipinski definition) is 3. The number of benzene rings is 1. The van der Waals surface area contributed by atoms with E-state index in [-0.39, 0.29) is 12.7 Å². The Morgan fingerprint density at radius 2 is 1.71 bits per heavy atom.